The van der Waals surface area contributed by atoms with Crippen molar-refractivity contribution in [1.29, 1.82) is 0 Å². The fourth-order valence-corrected chi connectivity index (χ4v) is 1.61. The zero-order chi connectivity index (χ0) is 13.6. The molecular weight excluding hydrogens is 243 g/mol. The van der Waals surface area contributed by atoms with Crippen LogP contribution in [0.5, 0.6) is 0 Å². The van der Waals surface area contributed by atoms with Crippen molar-refractivity contribution in [3.63, 3.8) is 0 Å². The van der Waals surface area contributed by atoms with Crippen molar-refractivity contribution in [2.24, 2.45) is 0 Å². The smallest absolute Gasteiger partial charge is 0.382 e. The molecule has 0 aliphatic carbocycles. The number of nitrogens with one attached hydrogen (secondary N) is 1. The van der Waals surface area contributed by atoms with Crippen LogP contribution in [0.25, 0.3) is 0 Å². The number of hydrogen-bond donors (Lipinski definition) is 1. The molecular formula is C13H18F3NO. The maximum atomic E-state index is 11.8. The van der Waals surface area contributed by atoms with Gasteiger partial charge in [0.15, 0.2) is 0 Å². The number of hydrogen-bond acceptors (Lipinski definition) is 2. The molecule has 1 aromatic rings. The molecule has 1 aromatic carbocycles. The Bertz CT molecular complexity index is 363. The Labute approximate surface area is 105 Å². The van der Waals surface area contributed by atoms with Crippen LogP contribution < -0.4 is 5.32 Å². The molecule has 0 unspecified atom stereocenters. The molecule has 0 aromatic heterocycles. The lowest BCUT2D eigenvalue weighted by Crippen LogP contribution is -2.20. The van der Waals surface area contributed by atoms with Crippen molar-refractivity contribution in [2.75, 3.05) is 25.1 Å². The number of alkyl halides is 3. The summed E-state index contributed by atoms with van der Waals surface area (Å²) in [5.41, 5.74) is 2.09. The molecule has 0 atom stereocenters. The highest BCUT2D eigenvalue weighted by Gasteiger charge is 2.27. The first-order valence-electron chi connectivity index (χ1n) is 5.87. The lowest BCUT2D eigenvalue weighted by atomic mass is 10.0. The van der Waals surface area contributed by atoms with Crippen LogP contribution in [0, 0.1) is 0 Å². The Morgan fingerprint density at radius 2 is 1.89 bits per heavy atom. The molecule has 2 nitrogen and oxygen atoms in total. The summed E-state index contributed by atoms with van der Waals surface area (Å²) in [6.45, 7) is 3.34. The average Bonchev–Trinajstić information content (AvgIpc) is 2.27. The Kier molecular flexibility index (Phi) is 5.47. The Balaban J connectivity index is 2.36. The van der Waals surface area contributed by atoms with E-state index < -0.39 is 12.8 Å². The second kappa shape index (κ2) is 6.64. The molecule has 0 fully saturated rings. The van der Waals surface area contributed by atoms with Crippen LogP contribution in [-0.2, 0) is 4.74 Å². The SMILES string of the molecule is CC(C)c1ccccc1NCCOCC(F)(F)F. The maximum absolute atomic E-state index is 11.8. The zero-order valence-corrected chi connectivity index (χ0v) is 10.6. The number of benzene rings is 1. The first kappa shape index (κ1) is 14.8. The van der Waals surface area contributed by atoms with Crippen molar-refractivity contribution in [3.8, 4) is 0 Å². The number of anilines is 1. The predicted molar refractivity (Wildman–Crippen MR) is 65.9 cm³/mol. The van der Waals surface area contributed by atoms with E-state index in [1.807, 2.05) is 24.3 Å². The summed E-state index contributed by atoms with van der Waals surface area (Å²) >= 11 is 0. The Morgan fingerprint density at radius 3 is 2.50 bits per heavy atom. The van der Waals surface area contributed by atoms with Crippen molar-refractivity contribution >= 4 is 5.69 Å². The highest BCUT2D eigenvalue weighted by atomic mass is 19.4. The summed E-state index contributed by atoms with van der Waals surface area (Å²) in [5, 5.41) is 3.09. The molecule has 0 aliphatic rings. The van der Waals surface area contributed by atoms with E-state index in [1.165, 1.54) is 0 Å². The molecule has 0 saturated heterocycles. The van der Waals surface area contributed by atoms with E-state index in [4.69, 9.17) is 0 Å². The Morgan fingerprint density at radius 1 is 1.22 bits per heavy atom. The monoisotopic (exact) mass is 261 g/mol. The summed E-state index contributed by atoms with van der Waals surface area (Å²) in [7, 11) is 0. The van der Waals surface area contributed by atoms with Crippen LogP contribution >= 0.6 is 0 Å². The highest BCUT2D eigenvalue weighted by molar-refractivity contribution is 5.52. The zero-order valence-electron chi connectivity index (χ0n) is 10.6. The lowest BCUT2D eigenvalue weighted by Gasteiger charge is -2.14. The largest absolute Gasteiger partial charge is 0.411 e. The van der Waals surface area contributed by atoms with Crippen LogP contribution in [0.15, 0.2) is 24.3 Å². The van der Waals surface area contributed by atoms with Gasteiger partial charge in [0.25, 0.3) is 0 Å². The molecule has 102 valence electrons. The minimum absolute atomic E-state index is 0.0337. The Hall–Kier alpha value is -1.23. The van der Waals surface area contributed by atoms with Gasteiger partial charge in [-0.3, -0.25) is 0 Å². The molecule has 5 heteroatoms. The normalized spacial score (nSPS) is 11.9. The van der Waals surface area contributed by atoms with Gasteiger partial charge in [0.1, 0.15) is 6.61 Å². The van der Waals surface area contributed by atoms with Crippen molar-refractivity contribution in [2.45, 2.75) is 25.9 Å². The third-order valence-electron chi connectivity index (χ3n) is 2.41. The highest BCUT2D eigenvalue weighted by Crippen LogP contribution is 2.23. The summed E-state index contributed by atoms with van der Waals surface area (Å²) in [6.07, 6.45) is -4.25. The molecule has 1 rings (SSSR count). The van der Waals surface area contributed by atoms with E-state index in [2.05, 4.69) is 23.9 Å². The van der Waals surface area contributed by atoms with Gasteiger partial charge in [0.2, 0.25) is 0 Å². The molecule has 0 aliphatic heterocycles. The van der Waals surface area contributed by atoms with Gasteiger partial charge in [-0.2, -0.15) is 13.2 Å². The molecule has 18 heavy (non-hydrogen) atoms. The van der Waals surface area contributed by atoms with E-state index in [9.17, 15) is 13.2 Å². The molecule has 0 radical (unpaired) electrons. The fraction of sp³-hybridized carbons (Fsp3) is 0.538. The van der Waals surface area contributed by atoms with E-state index in [1.54, 1.807) is 0 Å². The molecule has 0 spiro atoms. The van der Waals surface area contributed by atoms with E-state index in [0.717, 1.165) is 11.3 Å². The number of para-hydroxylation sites is 1. The van der Waals surface area contributed by atoms with Gasteiger partial charge >= 0.3 is 6.18 Å². The van der Waals surface area contributed by atoms with Crippen LogP contribution in [0.2, 0.25) is 0 Å². The number of halogens is 3. The maximum Gasteiger partial charge on any atom is 0.411 e. The summed E-state index contributed by atoms with van der Waals surface area (Å²) in [5.74, 6) is 0.366. The predicted octanol–water partition coefficient (Wildman–Crippen LogP) is 3.80. The van der Waals surface area contributed by atoms with Gasteiger partial charge in [-0.15, -0.1) is 0 Å². The van der Waals surface area contributed by atoms with Crippen LogP contribution in [0.3, 0.4) is 0 Å². The van der Waals surface area contributed by atoms with Gasteiger partial charge < -0.3 is 10.1 Å². The van der Waals surface area contributed by atoms with E-state index in [-0.39, 0.29) is 6.61 Å². The quantitative estimate of drug-likeness (QED) is 0.786. The summed E-state index contributed by atoms with van der Waals surface area (Å²) in [4.78, 5) is 0. The topological polar surface area (TPSA) is 21.3 Å². The van der Waals surface area contributed by atoms with Crippen molar-refractivity contribution in [3.05, 3.63) is 29.8 Å². The number of rotatable bonds is 6. The molecule has 0 amide bonds. The van der Waals surface area contributed by atoms with E-state index in [0.29, 0.717) is 12.5 Å². The summed E-state index contributed by atoms with van der Waals surface area (Å²) in [6, 6.07) is 7.76. The second-order valence-electron chi connectivity index (χ2n) is 4.34. The van der Waals surface area contributed by atoms with Gasteiger partial charge in [-0.05, 0) is 17.5 Å². The standard InChI is InChI=1S/C13H18F3NO/c1-10(2)11-5-3-4-6-12(11)17-7-8-18-9-13(14,15)16/h3-6,10,17H,7-9H2,1-2H3. The summed E-state index contributed by atoms with van der Waals surface area (Å²) < 4.78 is 40.0. The van der Waals surface area contributed by atoms with Crippen LogP contribution in [-0.4, -0.2) is 25.9 Å². The third-order valence-corrected chi connectivity index (χ3v) is 2.41. The first-order chi connectivity index (χ1) is 8.40. The van der Waals surface area contributed by atoms with Gasteiger partial charge in [-0.1, -0.05) is 32.0 Å². The second-order valence-corrected chi connectivity index (χ2v) is 4.34. The van der Waals surface area contributed by atoms with Gasteiger partial charge in [0, 0.05) is 12.2 Å². The molecule has 0 heterocycles. The van der Waals surface area contributed by atoms with Crippen molar-refractivity contribution < 1.29 is 17.9 Å². The van der Waals surface area contributed by atoms with Crippen LogP contribution in [0.1, 0.15) is 25.3 Å². The fourth-order valence-electron chi connectivity index (χ4n) is 1.61. The molecule has 0 saturated carbocycles. The first-order valence-corrected chi connectivity index (χ1v) is 5.87. The van der Waals surface area contributed by atoms with Gasteiger partial charge in [-0.25, -0.2) is 0 Å². The molecule has 0 bridgehead atoms. The lowest BCUT2D eigenvalue weighted by molar-refractivity contribution is -0.172. The van der Waals surface area contributed by atoms with Crippen LogP contribution in [0.4, 0.5) is 18.9 Å². The van der Waals surface area contributed by atoms with Crippen molar-refractivity contribution in [1.82, 2.24) is 0 Å². The van der Waals surface area contributed by atoms with Gasteiger partial charge in [0.05, 0.1) is 6.61 Å². The van der Waals surface area contributed by atoms with E-state index >= 15 is 0 Å². The minimum Gasteiger partial charge on any atom is -0.382 e. The molecule has 1 N–H and O–H groups in total. The third kappa shape index (κ3) is 5.40. The minimum atomic E-state index is -4.25. The number of ether oxygens (including phenoxy) is 1. The average molecular weight is 261 g/mol.